The van der Waals surface area contributed by atoms with E-state index in [1.54, 1.807) is 6.07 Å². The third kappa shape index (κ3) is 2.29. The lowest BCUT2D eigenvalue weighted by Gasteiger charge is -2.08. The number of nitrogens with one attached hydrogen (secondary N) is 1. The number of aromatic nitrogens is 2. The standard InChI is InChI=1S/C15H12N4O/c16-14(17)13-7-8-18-19-15(13)20-12-6-5-10-3-1-2-4-11(10)9-12/h1-9H,(H3,16,17). The molecule has 3 N–H and O–H groups in total. The summed E-state index contributed by atoms with van der Waals surface area (Å²) in [4.78, 5) is 0. The summed E-state index contributed by atoms with van der Waals surface area (Å²) in [6.07, 6.45) is 1.48. The molecule has 1 heterocycles. The van der Waals surface area contributed by atoms with E-state index in [2.05, 4.69) is 10.2 Å². The second-order valence-corrected chi connectivity index (χ2v) is 4.27. The van der Waals surface area contributed by atoms with Gasteiger partial charge in [-0.1, -0.05) is 30.3 Å². The molecule has 98 valence electrons. The first-order valence-electron chi connectivity index (χ1n) is 6.07. The SMILES string of the molecule is N=C(N)c1ccnnc1Oc1ccc2ccccc2c1. The molecule has 0 spiro atoms. The highest BCUT2D eigenvalue weighted by atomic mass is 16.5. The summed E-state index contributed by atoms with van der Waals surface area (Å²) >= 11 is 0. The quantitative estimate of drug-likeness (QED) is 0.562. The summed E-state index contributed by atoms with van der Waals surface area (Å²) in [5, 5.41) is 17.3. The summed E-state index contributed by atoms with van der Waals surface area (Å²) in [6.45, 7) is 0. The lowest BCUT2D eigenvalue weighted by Crippen LogP contribution is -2.13. The number of ether oxygens (including phenoxy) is 1. The van der Waals surface area contributed by atoms with Gasteiger partial charge in [0.05, 0.1) is 11.8 Å². The lowest BCUT2D eigenvalue weighted by atomic mass is 10.1. The second kappa shape index (κ2) is 4.97. The topological polar surface area (TPSA) is 84.9 Å². The highest BCUT2D eigenvalue weighted by Crippen LogP contribution is 2.25. The Balaban J connectivity index is 1.99. The Labute approximate surface area is 115 Å². The van der Waals surface area contributed by atoms with Gasteiger partial charge in [-0.15, -0.1) is 5.10 Å². The van der Waals surface area contributed by atoms with Gasteiger partial charge in [-0.05, 0) is 29.0 Å². The van der Waals surface area contributed by atoms with Crippen LogP contribution in [0.4, 0.5) is 0 Å². The first kappa shape index (κ1) is 12.1. The lowest BCUT2D eigenvalue weighted by molar-refractivity contribution is 0.454. The van der Waals surface area contributed by atoms with Gasteiger partial charge in [-0.25, -0.2) is 0 Å². The van der Waals surface area contributed by atoms with E-state index >= 15 is 0 Å². The maximum atomic E-state index is 7.50. The van der Waals surface area contributed by atoms with E-state index < -0.39 is 0 Å². The molecule has 3 rings (SSSR count). The largest absolute Gasteiger partial charge is 0.437 e. The fraction of sp³-hybridized carbons (Fsp3) is 0. The molecule has 3 aromatic rings. The number of fused-ring (bicyclic) bond motifs is 1. The van der Waals surface area contributed by atoms with E-state index in [1.165, 1.54) is 6.20 Å². The van der Waals surface area contributed by atoms with Gasteiger partial charge in [-0.3, -0.25) is 5.41 Å². The number of nitrogen functional groups attached to an aromatic ring is 1. The Morgan fingerprint density at radius 1 is 1.05 bits per heavy atom. The molecule has 0 fully saturated rings. The normalized spacial score (nSPS) is 10.4. The Bertz CT molecular complexity index is 785. The number of amidine groups is 1. The Morgan fingerprint density at radius 3 is 2.65 bits per heavy atom. The van der Waals surface area contributed by atoms with Gasteiger partial charge in [0, 0.05) is 0 Å². The van der Waals surface area contributed by atoms with Gasteiger partial charge < -0.3 is 10.5 Å². The van der Waals surface area contributed by atoms with Crippen LogP contribution >= 0.6 is 0 Å². The molecule has 0 aliphatic rings. The summed E-state index contributed by atoms with van der Waals surface area (Å²) in [7, 11) is 0. The number of nitrogens with zero attached hydrogens (tertiary/aromatic N) is 2. The van der Waals surface area contributed by atoms with Gasteiger partial charge >= 0.3 is 0 Å². The molecule has 5 nitrogen and oxygen atoms in total. The molecule has 0 bridgehead atoms. The monoisotopic (exact) mass is 264 g/mol. The van der Waals surface area contributed by atoms with Gasteiger partial charge in [-0.2, -0.15) is 5.10 Å². The Kier molecular flexibility index (Phi) is 3.01. The number of rotatable bonds is 3. The summed E-state index contributed by atoms with van der Waals surface area (Å²) < 4.78 is 5.68. The fourth-order valence-electron chi connectivity index (χ4n) is 1.94. The first-order chi connectivity index (χ1) is 9.74. The van der Waals surface area contributed by atoms with Crippen LogP contribution in [-0.4, -0.2) is 16.0 Å². The maximum absolute atomic E-state index is 7.50. The van der Waals surface area contributed by atoms with Gasteiger partial charge in [0.15, 0.2) is 0 Å². The van der Waals surface area contributed by atoms with Crippen molar-refractivity contribution >= 4 is 16.6 Å². The van der Waals surface area contributed by atoms with E-state index in [0.717, 1.165) is 10.8 Å². The minimum absolute atomic E-state index is 0.101. The van der Waals surface area contributed by atoms with Crippen molar-refractivity contribution in [2.75, 3.05) is 0 Å². The third-order valence-corrected chi connectivity index (χ3v) is 2.91. The molecule has 0 saturated carbocycles. The maximum Gasteiger partial charge on any atom is 0.249 e. The molecule has 0 atom stereocenters. The van der Waals surface area contributed by atoms with Gasteiger partial charge in [0.25, 0.3) is 0 Å². The van der Waals surface area contributed by atoms with Crippen LogP contribution in [0.1, 0.15) is 5.56 Å². The molecule has 0 unspecified atom stereocenters. The molecule has 1 aromatic heterocycles. The van der Waals surface area contributed by atoms with Crippen molar-refractivity contribution in [3.05, 3.63) is 60.3 Å². The smallest absolute Gasteiger partial charge is 0.249 e. The zero-order valence-corrected chi connectivity index (χ0v) is 10.6. The summed E-state index contributed by atoms with van der Waals surface area (Å²) in [6, 6.07) is 15.3. The van der Waals surface area contributed by atoms with Gasteiger partial charge in [0.2, 0.25) is 5.88 Å². The van der Waals surface area contributed by atoms with Crippen LogP contribution in [0.15, 0.2) is 54.7 Å². The van der Waals surface area contributed by atoms with E-state index in [1.807, 2.05) is 42.5 Å². The Morgan fingerprint density at radius 2 is 1.85 bits per heavy atom. The second-order valence-electron chi connectivity index (χ2n) is 4.27. The van der Waals surface area contributed by atoms with E-state index in [4.69, 9.17) is 15.9 Å². The van der Waals surface area contributed by atoms with Crippen LogP contribution in [-0.2, 0) is 0 Å². The molecule has 5 heteroatoms. The van der Waals surface area contributed by atoms with Crippen molar-refractivity contribution in [1.29, 1.82) is 5.41 Å². The van der Waals surface area contributed by atoms with E-state index in [-0.39, 0.29) is 11.7 Å². The fourth-order valence-corrected chi connectivity index (χ4v) is 1.94. The highest BCUT2D eigenvalue weighted by Gasteiger charge is 2.09. The number of benzene rings is 2. The van der Waals surface area contributed by atoms with Gasteiger partial charge in [0.1, 0.15) is 11.6 Å². The molecular weight excluding hydrogens is 252 g/mol. The van der Waals surface area contributed by atoms with Crippen LogP contribution in [0.3, 0.4) is 0 Å². The Hall–Kier alpha value is -2.95. The molecule has 0 aliphatic heterocycles. The first-order valence-corrected chi connectivity index (χ1v) is 6.07. The van der Waals surface area contributed by atoms with Crippen LogP contribution in [0.2, 0.25) is 0 Å². The molecular formula is C15H12N4O. The minimum atomic E-state index is -0.101. The zero-order valence-electron chi connectivity index (χ0n) is 10.6. The van der Waals surface area contributed by atoms with Crippen molar-refractivity contribution in [3.63, 3.8) is 0 Å². The molecule has 0 saturated heterocycles. The molecule has 0 amide bonds. The average molecular weight is 264 g/mol. The highest BCUT2D eigenvalue weighted by molar-refractivity contribution is 5.97. The minimum Gasteiger partial charge on any atom is -0.437 e. The van der Waals surface area contributed by atoms with Crippen molar-refractivity contribution < 1.29 is 4.74 Å². The van der Waals surface area contributed by atoms with Crippen LogP contribution < -0.4 is 10.5 Å². The van der Waals surface area contributed by atoms with Crippen LogP contribution in [0, 0.1) is 5.41 Å². The molecule has 20 heavy (non-hydrogen) atoms. The van der Waals surface area contributed by atoms with Crippen LogP contribution in [0.5, 0.6) is 11.6 Å². The predicted molar refractivity (Wildman–Crippen MR) is 77.1 cm³/mol. The van der Waals surface area contributed by atoms with Crippen molar-refractivity contribution in [3.8, 4) is 11.6 Å². The molecule has 0 aliphatic carbocycles. The van der Waals surface area contributed by atoms with E-state index in [9.17, 15) is 0 Å². The van der Waals surface area contributed by atoms with Crippen molar-refractivity contribution in [2.24, 2.45) is 5.73 Å². The summed E-state index contributed by atoms with van der Waals surface area (Å²) in [5.41, 5.74) is 5.92. The van der Waals surface area contributed by atoms with Crippen molar-refractivity contribution in [1.82, 2.24) is 10.2 Å². The van der Waals surface area contributed by atoms with Crippen LogP contribution in [0.25, 0.3) is 10.8 Å². The average Bonchev–Trinajstić information content (AvgIpc) is 2.47. The molecule has 0 radical (unpaired) electrons. The number of hydrogen-bond donors (Lipinski definition) is 2. The molecule has 2 aromatic carbocycles. The van der Waals surface area contributed by atoms with E-state index in [0.29, 0.717) is 11.3 Å². The number of hydrogen-bond acceptors (Lipinski definition) is 4. The zero-order chi connectivity index (χ0) is 13.9. The third-order valence-electron chi connectivity index (χ3n) is 2.91. The number of nitrogens with two attached hydrogens (primary N) is 1. The summed E-state index contributed by atoms with van der Waals surface area (Å²) in [5.74, 6) is 0.762. The van der Waals surface area contributed by atoms with Crippen molar-refractivity contribution in [2.45, 2.75) is 0 Å². The predicted octanol–water partition coefficient (Wildman–Crippen LogP) is 2.71.